The van der Waals surface area contributed by atoms with Crippen LogP contribution in [-0.4, -0.2) is 41.0 Å². The van der Waals surface area contributed by atoms with E-state index < -0.39 is 9.84 Å². The first-order valence-electron chi connectivity index (χ1n) is 9.16. The number of fused-ring (bicyclic) bond motifs is 1. The van der Waals surface area contributed by atoms with Crippen LogP contribution < -0.4 is 10.6 Å². The van der Waals surface area contributed by atoms with Crippen LogP contribution in [-0.2, 0) is 16.4 Å². The zero-order chi connectivity index (χ0) is 18.3. The summed E-state index contributed by atoms with van der Waals surface area (Å²) in [5, 5.41) is 5.32. The lowest BCUT2D eigenvalue weighted by Gasteiger charge is -2.27. The van der Waals surface area contributed by atoms with Crippen LogP contribution in [0.4, 0.5) is 4.79 Å². The Morgan fingerprint density at radius 2 is 2.00 bits per heavy atom. The summed E-state index contributed by atoms with van der Waals surface area (Å²) < 4.78 is 26.2. The molecule has 0 bridgehead atoms. The Bertz CT molecular complexity index is 933. The van der Waals surface area contributed by atoms with Crippen LogP contribution in [0.2, 0.25) is 0 Å². The fraction of sp³-hybridized carbons (Fsp3) is 0.556. The SMILES string of the molecule is CC1CCC(NC(=O)NCc2nc3ccccc3n2C2CC2)CS1(=O)=O. The van der Waals surface area contributed by atoms with Gasteiger partial charge in [-0.25, -0.2) is 18.2 Å². The molecule has 1 aliphatic heterocycles. The fourth-order valence-electron chi connectivity index (χ4n) is 3.61. The van der Waals surface area contributed by atoms with Crippen molar-refractivity contribution in [3.05, 3.63) is 30.1 Å². The second kappa shape index (κ2) is 6.57. The number of hydrogen-bond donors (Lipinski definition) is 2. The molecule has 140 valence electrons. The monoisotopic (exact) mass is 376 g/mol. The minimum atomic E-state index is -3.11. The van der Waals surface area contributed by atoms with Crippen molar-refractivity contribution >= 4 is 26.9 Å². The number of nitrogens with one attached hydrogen (secondary N) is 2. The molecule has 2 amide bonds. The standard InChI is InChI=1S/C18H24N4O3S/c1-12-6-7-13(11-26(12,24)25)20-18(23)19-10-17-21-15-4-2-3-5-16(15)22(17)14-8-9-14/h2-5,12-14H,6-11H2,1H3,(H2,19,20,23). The molecule has 7 nitrogen and oxygen atoms in total. The minimum absolute atomic E-state index is 0.0160. The van der Waals surface area contributed by atoms with Crippen molar-refractivity contribution in [3.63, 3.8) is 0 Å². The lowest BCUT2D eigenvalue weighted by Crippen LogP contribution is -2.48. The number of para-hydroxylation sites is 2. The lowest BCUT2D eigenvalue weighted by atomic mass is 10.1. The van der Waals surface area contributed by atoms with Crippen molar-refractivity contribution in [3.8, 4) is 0 Å². The van der Waals surface area contributed by atoms with E-state index in [9.17, 15) is 13.2 Å². The Hall–Kier alpha value is -2.09. The van der Waals surface area contributed by atoms with Gasteiger partial charge in [-0.05, 0) is 44.7 Å². The fourth-order valence-corrected chi connectivity index (χ4v) is 5.25. The van der Waals surface area contributed by atoms with Crippen LogP contribution in [0.15, 0.2) is 24.3 Å². The molecule has 2 fully saturated rings. The summed E-state index contributed by atoms with van der Waals surface area (Å²) in [5.41, 5.74) is 2.03. The number of urea groups is 1. The molecule has 1 saturated heterocycles. The van der Waals surface area contributed by atoms with Gasteiger partial charge in [-0.1, -0.05) is 12.1 Å². The van der Waals surface area contributed by atoms with Gasteiger partial charge >= 0.3 is 6.03 Å². The molecule has 1 aromatic carbocycles. The van der Waals surface area contributed by atoms with Gasteiger partial charge in [0.2, 0.25) is 0 Å². The molecule has 1 saturated carbocycles. The van der Waals surface area contributed by atoms with E-state index in [1.807, 2.05) is 18.2 Å². The van der Waals surface area contributed by atoms with Crippen molar-refractivity contribution in [2.75, 3.05) is 5.75 Å². The lowest BCUT2D eigenvalue weighted by molar-refractivity contribution is 0.236. The minimum Gasteiger partial charge on any atom is -0.334 e. The molecule has 4 rings (SSSR count). The van der Waals surface area contributed by atoms with E-state index in [2.05, 4.69) is 26.3 Å². The molecule has 8 heteroatoms. The number of aromatic nitrogens is 2. The van der Waals surface area contributed by atoms with E-state index in [4.69, 9.17) is 0 Å². The molecule has 0 radical (unpaired) electrons. The molecule has 26 heavy (non-hydrogen) atoms. The number of hydrogen-bond acceptors (Lipinski definition) is 4. The van der Waals surface area contributed by atoms with Gasteiger partial charge in [0.05, 0.1) is 28.6 Å². The summed E-state index contributed by atoms with van der Waals surface area (Å²) in [6.45, 7) is 2.06. The van der Waals surface area contributed by atoms with Crippen molar-refractivity contribution < 1.29 is 13.2 Å². The summed E-state index contributed by atoms with van der Waals surface area (Å²) in [5.74, 6) is 0.857. The van der Waals surface area contributed by atoms with E-state index in [-0.39, 0.29) is 23.1 Å². The average Bonchev–Trinajstić information content (AvgIpc) is 3.36. The molecule has 1 aromatic heterocycles. The van der Waals surface area contributed by atoms with Crippen molar-refractivity contribution in [2.24, 2.45) is 0 Å². The number of carbonyl (C=O) groups excluding carboxylic acids is 1. The molecule has 2 aromatic rings. The Kier molecular flexibility index (Phi) is 4.38. The van der Waals surface area contributed by atoms with Crippen LogP contribution in [0.25, 0.3) is 11.0 Å². The largest absolute Gasteiger partial charge is 0.334 e. The van der Waals surface area contributed by atoms with Gasteiger partial charge < -0.3 is 15.2 Å². The van der Waals surface area contributed by atoms with Gasteiger partial charge in [0.15, 0.2) is 9.84 Å². The highest BCUT2D eigenvalue weighted by Gasteiger charge is 2.32. The Morgan fingerprint density at radius 3 is 2.73 bits per heavy atom. The Morgan fingerprint density at radius 1 is 1.23 bits per heavy atom. The van der Waals surface area contributed by atoms with Crippen LogP contribution in [0.1, 0.15) is 44.5 Å². The van der Waals surface area contributed by atoms with Crippen LogP contribution in [0.5, 0.6) is 0 Å². The third-order valence-electron chi connectivity index (χ3n) is 5.29. The average molecular weight is 376 g/mol. The molecule has 0 spiro atoms. The molecule has 2 atom stereocenters. The molecule has 1 aliphatic carbocycles. The highest BCUT2D eigenvalue weighted by Crippen LogP contribution is 2.38. The third kappa shape index (κ3) is 3.42. The van der Waals surface area contributed by atoms with Crippen LogP contribution >= 0.6 is 0 Å². The van der Waals surface area contributed by atoms with Crippen LogP contribution in [0, 0.1) is 0 Å². The molecule has 2 N–H and O–H groups in total. The maximum atomic E-state index is 12.2. The van der Waals surface area contributed by atoms with E-state index in [1.165, 1.54) is 0 Å². The predicted octanol–water partition coefficient (Wildman–Crippen LogP) is 2.14. The van der Waals surface area contributed by atoms with E-state index in [0.29, 0.717) is 25.4 Å². The van der Waals surface area contributed by atoms with Crippen molar-refractivity contribution in [2.45, 2.75) is 56.5 Å². The number of carbonyl (C=O) groups is 1. The zero-order valence-corrected chi connectivity index (χ0v) is 15.6. The van der Waals surface area contributed by atoms with Crippen LogP contribution in [0.3, 0.4) is 0 Å². The van der Waals surface area contributed by atoms with E-state index in [1.54, 1.807) is 6.92 Å². The summed E-state index contributed by atoms with van der Waals surface area (Å²) >= 11 is 0. The maximum absolute atomic E-state index is 12.2. The summed E-state index contributed by atoms with van der Waals surface area (Å²) in [6.07, 6.45) is 3.55. The number of imidazole rings is 1. The maximum Gasteiger partial charge on any atom is 0.315 e. The first-order valence-corrected chi connectivity index (χ1v) is 10.9. The number of amides is 2. The quantitative estimate of drug-likeness (QED) is 0.855. The number of nitrogens with zero attached hydrogens (tertiary/aromatic N) is 2. The van der Waals surface area contributed by atoms with Gasteiger partial charge in [-0.2, -0.15) is 0 Å². The molecular weight excluding hydrogens is 352 g/mol. The van der Waals surface area contributed by atoms with Gasteiger partial charge in [-0.3, -0.25) is 0 Å². The van der Waals surface area contributed by atoms with Gasteiger partial charge in [0.1, 0.15) is 5.82 Å². The van der Waals surface area contributed by atoms with Crippen molar-refractivity contribution in [1.29, 1.82) is 0 Å². The summed E-state index contributed by atoms with van der Waals surface area (Å²) in [6, 6.07) is 7.79. The first kappa shape index (κ1) is 17.3. The Balaban J connectivity index is 1.41. The van der Waals surface area contributed by atoms with E-state index in [0.717, 1.165) is 29.7 Å². The van der Waals surface area contributed by atoms with E-state index >= 15 is 0 Å². The van der Waals surface area contributed by atoms with Gasteiger partial charge in [0, 0.05) is 12.1 Å². The molecule has 2 aliphatic rings. The number of rotatable bonds is 4. The molecular formula is C18H24N4O3S. The van der Waals surface area contributed by atoms with Gasteiger partial charge in [-0.15, -0.1) is 0 Å². The normalized spacial score (nSPS) is 25.1. The predicted molar refractivity (Wildman–Crippen MR) is 99.6 cm³/mol. The van der Waals surface area contributed by atoms with Gasteiger partial charge in [0.25, 0.3) is 0 Å². The van der Waals surface area contributed by atoms with Crippen molar-refractivity contribution in [1.82, 2.24) is 20.2 Å². The smallest absolute Gasteiger partial charge is 0.315 e. The summed E-state index contributed by atoms with van der Waals surface area (Å²) in [4.78, 5) is 16.9. The second-order valence-electron chi connectivity index (χ2n) is 7.36. The first-order chi connectivity index (χ1) is 12.4. The highest BCUT2D eigenvalue weighted by molar-refractivity contribution is 7.92. The third-order valence-corrected chi connectivity index (χ3v) is 7.62. The Labute approximate surface area is 153 Å². The zero-order valence-electron chi connectivity index (χ0n) is 14.8. The second-order valence-corrected chi connectivity index (χ2v) is 9.82. The summed E-state index contributed by atoms with van der Waals surface area (Å²) in [7, 11) is -3.11. The number of benzene rings is 1. The number of sulfone groups is 1. The molecule has 2 heterocycles. The topological polar surface area (TPSA) is 93.1 Å². The molecule has 2 unspecified atom stereocenters. The highest BCUT2D eigenvalue weighted by atomic mass is 32.2.